The number of likely N-dealkylation sites (N-methyl/N-ethyl adjacent to an activating group) is 1. The zero-order valence-corrected chi connectivity index (χ0v) is 16.5. The van der Waals surface area contributed by atoms with Crippen molar-refractivity contribution in [3.63, 3.8) is 0 Å². The molecule has 0 saturated carbocycles. The van der Waals surface area contributed by atoms with E-state index in [1.54, 1.807) is 19.1 Å². The van der Waals surface area contributed by atoms with Crippen molar-refractivity contribution in [3.05, 3.63) is 39.9 Å². The average Bonchev–Trinajstić information content (AvgIpc) is 2.66. The van der Waals surface area contributed by atoms with Gasteiger partial charge in [0.2, 0.25) is 0 Å². The van der Waals surface area contributed by atoms with Gasteiger partial charge in [-0.1, -0.05) is 25.1 Å². The van der Waals surface area contributed by atoms with Crippen LogP contribution in [0.2, 0.25) is 0 Å². The van der Waals surface area contributed by atoms with E-state index in [0.717, 1.165) is 4.31 Å². The number of carbonyl (C=O) groups is 1. The molecule has 1 aliphatic rings. The molecular formula is C17H22F2N2O6S. The molecule has 0 spiro atoms. The smallest absolute Gasteiger partial charge is 0.455 e. The normalized spacial score (nSPS) is 22.9. The quantitative estimate of drug-likeness (QED) is 0.363. The molecule has 1 unspecified atom stereocenters. The maximum atomic E-state index is 15.2. The van der Waals surface area contributed by atoms with Gasteiger partial charge in [-0.05, 0) is 25.0 Å². The van der Waals surface area contributed by atoms with Gasteiger partial charge >= 0.3 is 17.6 Å². The molecule has 0 aliphatic carbocycles. The number of hydrogen-bond donors (Lipinski definition) is 0. The lowest BCUT2D eigenvalue weighted by Crippen LogP contribution is -2.73. The highest BCUT2D eigenvalue weighted by molar-refractivity contribution is 7.82. The van der Waals surface area contributed by atoms with Crippen LogP contribution >= 0.6 is 0 Å². The van der Waals surface area contributed by atoms with Gasteiger partial charge < -0.3 is 9.47 Å². The third-order valence-corrected chi connectivity index (χ3v) is 6.15. The summed E-state index contributed by atoms with van der Waals surface area (Å²) in [5.74, 6) is -6.71. The monoisotopic (exact) mass is 420 g/mol. The first-order valence-corrected chi connectivity index (χ1v) is 9.98. The lowest BCUT2D eigenvalue weighted by molar-refractivity contribution is -0.651. The first-order chi connectivity index (χ1) is 13.1. The second kappa shape index (κ2) is 8.48. The minimum Gasteiger partial charge on any atom is -0.461 e. The minimum absolute atomic E-state index is 0.118. The van der Waals surface area contributed by atoms with Crippen molar-refractivity contribution in [1.82, 2.24) is 4.31 Å². The Morgan fingerprint density at radius 3 is 2.68 bits per heavy atom. The highest BCUT2D eigenvalue weighted by atomic mass is 32.2. The highest BCUT2D eigenvalue weighted by Gasteiger charge is 2.79. The summed E-state index contributed by atoms with van der Waals surface area (Å²) in [4.78, 5) is 22.7. The van der Waals surface area contributed by atoms with Crippen LogP contribution in [0.3, 0.4) is 0 Å². The Morgan fingerprint density at radius 2 is 2.11 bits per heavy atom. The molecule has 1 aromatic rings. The molecule has 8 nitrogen and oxygen atoms in total. The fourth-order valence-electron chi connectivity index (χ4n) is 3.10. The molecule has 156 valence electrons. The van der Waals surface area contributed by atoms with Gasteiger partial charge in [0.1, 0.15) is 11.8 Å². The number of rotatable bonds is 8. The van der Waals surface area contributed by atoms with Crippen molar-refractivity contribution in [2.75, 3.05) is 19.4 Å². The number of ether oxygens (including phenoxy) is 2. The van der Waals surface area contributed by atoms with Crippen LogP contribution in [0.1, 0.15) is 25.8 Å². The van der Waals surface area contributed by atoms with Crippen LogP contribution in [0, 0.1) is 10.1 Å². The zero-order valence-electron chi connectivity index (χ0n) is 15.7. The fourth-order valence-corrected chi connectivity index (χ4v) is 4.24. The van der Waals surface area contributed by atoms with E-state index < -0.39 is 39.6 Å². The van der Waals surface area contributed by atoms with Crippen LogP contribution in [0.4, 0.5) is 8.78 Å². The maximum Gasteiger partial charge on any atom is 0.455 e. The molecule has 3 atom stereocenters. The molecule has 0 amide bonds. The van der Waals surface area contributed by atoms with Gasteiger partial charge in [-0.15, -0.1) is 0 Å². The number of para-hydroxylation sites is 1. The number of nitro groups is 1. The summed E-state index contributed by atoms with van der Waals surface area (Å²) in [7, 11) is -0.547. The van der Waals surface area contributed by atoms with Crippen molar-refractivity contribution in [2.45, 2.75) is 44.4 Å². The number of nitrogens with zero attached hydrogens (tertiary/aromatic N) is 2. The molecule has 0 saturated heterocycles. The van der Waals surface area contributed by atoms with Crippen LogP contribution in [0.15, 0.2) is 24.3 Å². The summed E-state index contributed by atoms with van der Waals surface area (Å²) in [6, 6.07) is 4.32. The summed E-state index contributed by atoms with van der Waals surface area (Å²) in [5, 5.41) is 12.0. The first kappa shape index (κ1) is 22.2. The summed E-state index contributed by atoms with van der Waals surface area (Å²) in [5.41, 5.74) is -3.06. The van der Waals surface area contributed by atoms with Gasteiger partial charge in [-0.25, -0.2) is 13.3 Å². The van der Waals surface area contributed by atoms with Crippen molar-refractivity contribution in [2.24, 2.45) is 0 Å². The van der Waals surface area contributed by atoms with E-state index in [4.69, 9.17) is 4.74 Å². The van der Waals surface area contributed by atoms with Gasteiger partial charge in [0, 0.05) is 19.2 Å². The van der Waals surface area contributed by atoms with E-state index in [2.05, 4.69) is 4.74 Å². The largest absolute Gasteiger partial charge is 0.461 e. The molecule has 0 fully saturated rings. The lowest BCUT2D eigenvalue weighted by Gasteiger charge is -2.42. The SMILES string of the molecule is CCC[S@@](=O)N(C)C1Cc2ccccc2O[C@@]1([N+](=O)[O-])C(F)(F)C(=O)OCC. The number of benzene rings is 1. The summed E-state index contributed by atoms with van der Waals surface area (Å²) in [6.07, 6.45) is 0.221. The van der Waals surface area contributed by atoms with Gasteiger partial charge in [0.25, 0.3) is 0 Å². The van der Waals surface area contributed by atoms with E-state index in [-0.39, 0.29) is 24.5 Å². The Balaban J connectivity index is 2.67. The molecule has 1 aliphatic heterocycles. The molecule has 0 radical (unpaired) electrons. The predicted molar refractivity (Wildman–Crippen MR) is 96.9 cm³/mol. The fraction of sp³-hybridized carbons (Fsp3) is 0.588. The van der Waals surface area contributed by atoms with E-state index >= 15 is 8.78 Å². The summed E-state index contributed by atoms with van der Waals surface area (Å²) in [6.45, 7) is 2.66. The average molecular weight is 420 g/mol. The minimum atomic E-state index is -4.63. The number of carbonyl (C=O) groups excluding carboxylic acids is 1. The second-order valence-electron chi connectivity index (χ2n) is 6.25. The van der Waals surface area contributed by atoms with Crippen molar-refractivity contribution in [1.29, 1.82) is 0 Å². The topological polar surface area (TPSA) is 99.0 Å². The number of esters is 1. The van der Waals surface area contributed by atoms with Gasteiger partial charge in [-0.2, -0.15) is 8.78 Å². The van der Waals surface area contributed by atoms with Gasteiger partial charge in [0.05, 0.1) is 22.5 Å². The highest BCUT2D eigenvalue weighted by Crippen LogP contribution is 2.45. The Bertz CT molecular complexity index is 778. The third kappa shape index (κ3) is 3.60. The van der Waals surface area contributed by atoms with E-state index in [1.807, 2.05) is 0 Å². The van der Waals surface area contributed by atoms with Gasteiger partial charge in [0.15, 0.2) is 0 Å². The maximum absolute atomic E-state index is 15.2. The van der Waals surface area contributed by atoms with Crippen LogP contribution in [0.25, 0.3) is 0 Å². The molecule has 2 rings (SSSR count). The van der Waals surface area contributed by atoms with E-state index in [9.17, 15) is 19.1 Å². The molecule has 11 heteroatoms. The Hall–Kier alpha value is -2.14. The predicted octanol–water partition coefficient (Wildman–Crippen LogP) is 2.17. The Kier molecular flexibility index (Phi) is 6.71. The zero-order chi connectivity index (χ0) is 21.1. The van der Waals surface area contributed by atoms with E-state index in [0.29, 0.717) is 12.0 Å². The van der Waals surface area contributed by atoms with E-state index in [1.165, 1.54) is 26.1 Å². The van der Waals surface area contributed by atoms with Crippen LogP contribution < -0.4 is 4.74 Å². The standard InChI is InChI=1S/C17H22F2N2O6S/c1-4-10-28(25)20(3)14-11-12-8-6-7-9-13(12)27-17(14,21(23)24)16(18,19)15(22)26-5-2/h6-9,14H,4-5,10-11H2,1-3H3/t14?,17-,28-/m1/s1. The van der Waals surface area contributed by atoms with Crippen molar-refractivity contribution >= 4 is 17.0 Å². The Labute approximate surface area is 163 Å². The molecule has 0 bridgehead atoms. The second-order valence-corrected chi connectivity index (χ2v) is 7.88. The number of alkyl halides is 2. The lowest BCUT2D eigenvalue weighted by atomic mass is 9.87. The van der Waals surface area contributed by atoms with Crippen molar-refractivity contribution < 1.29 is 32.2 Å². The summed E-state index contributed by atoms with van der Waals surface area (Å²) >= 11 is 0. The molecule has 1 heterocycles. The molecular weight excluding hydrogens is 398 g/mol. The Morgan fingerprint density at radius 1 is 1.46 bits per heavy atom. The number of hydrogen-bond acceptors (Lipinski definition) is 6. The van der Waals surface area contributed by atoms with Crippen molar-refractivity contribution in [3.8, 4) is 5.75 Å². The van der Waals surface area contributed by atoms with Crippen LogP contribution in [0.5, 0.6) is 5.75 Å². The molecule has 1 aromatic carbocycles. The third-order valence-electron chi connectivity index (χ3n) is 4.49. The van der Waals surface area contributed by atoms with Crippen LogP contribution in [-0.2, 0) is 26.9 Å². The summed E-state index contributed by atoms with van der Waals surface area (Å²) < 4.78 is 53.5. The molecule has 0 aromatic heterocycles. The van der Waals surface area contributed by atoms with Gasteiger partial charge in [-0.3, -0.25) is 10.1 Å². The molecule has 0 N–H and O–H groups in total. The number of fused-ring (bicyclic) bond motifs is 1. The first-order valence-electron chi connectivity index (χ1n) is 8.71. The van der Waals surface area contributed by atoms with Crippen LogP contribution in [-0.4, -0.2) is 56.5 Å². The molecule has 28 heavy (non-hydrogen) atoms. The number of halogens is 2.